The first kappa shape index (κ1) is 18.5. The van der Waals surface area contributed by atoms with Gasteiger partial charge in [-0.1, -0.05) is 12.1 Å². The Labute approximate surface area is 187 Å². The van der Waals surface area contributed by atoms with Gasteiger partial charge in [-0.15, -0.1) is 0 Å². The third-order valence-corrected chi connectivity index (χ3v) is 7.57. The zero-order valence-electron chi connectivity index (χ0n) is 18.0. The molecule has 2 fully saturated rings. The van der Waals surface area contributed by atoms with Crippen molar-refractivity contribution in [2.45, 2.75) is 37.6 Å². The van der Waals surface area contributed by atoms with Crippen LogP contribution in [0.3, 0.4) is 0 Å². The van der Waals surface area contributed by atoms with E-state index in [0.29, 0.717) is 0 Å². The number of nitrogens with zero attached hydrogens (tertiary/aromatic N) is 2. The molecule has 0 unspecified atom stereocenters. The second kappa shape index (κ2) is 6.69. The second-order valence-electron chi connectivity index (χ2n) is 9.62. The van der Waals surface area contributed by atoms with E-state index in [-0.39, 0.29) is 11.4 Å². The van der Waals surface area contributed by atoms with E-state index in [1.807, 2.05) is 6.20 Å². The Bertz CT molecular complexity index is 1250. The van der Waals surface area contributed by atoms with Crippen LogP contribution in [0.5, 0.6) is 0 Å². The molecule has 2 aromatic heterocycles. The number of aryl methyl sites for hydroxylation is 1. The lowest BCUT2D eigenvalue weighted by Crippen LogP contribution is -2.43. The summed E-state index contributed by atoms with van der Waals surface area (Å²) in [5.41, 5.74) is 10.1. The summed E-state index contributed by atoms with van der Waals surface area (Å²) in [6.07, 6.45) is 6.94. The molecule has 0 bridgehead atoms. The van der Waals surface area contributed by atoms with Crippen LogP contribution in [0, 0.1) is 0 Å². The van der Waals surface area contributed by atoms with Crippen LogP contribution in [0.4, 0.5) is 5.69 Å². The number of aromatic amines is 1. The van der Waals surface area contributed by atoms with Gasteiger partial charge in [0.1, 0.15) is 0 Å². The quantitative estimate of drug-likeness (QED) is 0.658. The number of carbonyl (C=O) groups is 1. The van der Waals surface area contributed by atoms with Gasteiger partial charge in [-0.05, 0) is 55.0 Å². The molecule has 0 atom stereocenters. The van der Waals surface area contributed by atoms with Crippen molar-refractivity contribution in [3.63, 3.8) is 0 Å². The highest BCUT2D eigenvalue weighted by Gasteiger charge is 2.49. The van der Waals surface area contributed by atoms with Crippen molar-refractivity contribution in [1.29, 1.82) is 0 Å². The number of carbonyl (C=O) groups excluding carboxylic acids is 1. The Balaban J connectivity index is 1.29. The van der Waals surface area contributed by atoms with Gasteiger partial charge in [0.15, 0.2) is 0 Å². The molecule has 162 valence electrons. The van der Waals surface area contributed by atoms with E-state index < -0.39 is 0 Å². The van der Waals surface area contributed by atoms with Crippen molar-refractivity contribution in [2.24, 2.45) is 0 Å². The van der Waals surface area contributed by atoms with E-state index in [9.17, 15) is 4.79 Å². The monoisotopic (exact) mass is 426 g/mol. The standard InChI is InChI=1S/C26H26N4O2/c31-25-23-19-5-4-17-15-27-21(16-2-1-3-18(12-16)30-8-10-32-11-9-30)13-20(17)24(19)28-22(23)14-26(29-25)6-7-26/h1-3,12-13,15,28H,4-11,14H2,(H,29,31). The van der Waals surface area contributed by atoms with Gasteiger partial charge in [-0.2, -0.15) is 0 Å². The molecule has 6 nitrogen and oxygen atoms in total. The Morgan fingerprint density at radius 2 is 1.97 bits per heavy atom. The molecule has 1 amide bonds. The Morgan fingerprint density at radius 1 is 1.09 bits per heavy atom. The fraction of sp³-hybridized carbons (Fsp3) is 0.385. The van der Waals surface area contributed by atoms with Crippen molar-refractivity contribution in [3.8, 4) is 22.5 Å². The maximum atomic E-state index is 12.9. The number of fused-ring (bicyclic) bond motifs is 5. The summed E-state index contributed by atoms with van der Waals surface area (Å²) in [7, 11) is 0. The lowest BCUT2D eigenvalue weighted by Gasteiger charge is -2.29. The first-order valence-electron chi connectivity index (χ1n) is 11.7. The van der Waals surface area contributed by atoms with E-state index in [1.54, 1.807) is 0 Å². The molecule has 1 saturated heterocycles. The van der Waals surface area contributed by atoms with E-state index in [0.717, 1.165) is 86.6 Å². The molecule has 1 saturated carbocycles. The van der Waals surface area contributed by atoms with Crippen LogP contribution in [0.1, 0.15) is 40.0 Å². The maximum Gasteiger partial charge on any atom is 0.253 e. The molecular formula is C26H26N4O2. The molecule has 7 rings (SSSR count). The third kappa shape index (κ3) is 2.82. The van der Waals surface area contributed by atoms with E-state index in [2.05, 4.69) is 45.5 Å². The van der Waals surface area contributed by atoms with E-state index in [1.165, 1.54) is 22.4 Å². The smallest absolute Gasteiger partial charge is 0.253 e. The molecule has 2 aliphatic carbocycles. The number of H-pyrrole nitrogens is 1. The number of nitrogens with one attached hydrogen (secondary N) is 2. The van der Waals surface area contributed by atoms with Gasteiger partial charge in [-0.3, -0.25) is 9.78 Å². The molecule has 2 aliphatic heterocycles. The van der Waals surface area contributed by atoms with Gasteiger partial charge in [-0.25, -0.2) is 0 Å². The summed E-state index contributed by atoms with van der Waals surface area (Å²) < 4.78 is 5.50. The molecule has 6 heteroatoms. The van der Waals surface area contributed by atoms with Crippen LogP contribution < -0.4 is 10.2 Å². The van der Waals surface area contributed by atoms with Crippen LogP contribution >= 0.6 is 0 Å². The number of ether oxygens (including phenoxy) is 1. The first-order valence-corrected chi connectivity index (χ1v) is 11.7. The molecular weight excluding hydrogens is 400 g/mol. The molecule has 4 aliphatic rings. The van der Waals surface area contributed by atoms with Crippen LogP contribution in [0.2, 0.25) is 0 Å². The number of hydrogen-bond donors (Lipinski definition) is 2. The number of amides is 1. The SMILES string of the molecule is O=C1NC2(CC2)Cc2[nH]c3c(c21)CCc1cnc(-c2cccc(N4CCOCC4)c2)cc1-3. The van der Waals surface area contributed by atoms with Crippen LogP contribution in [-0.4, -0.2) is 47.7 Å². The molecule has 3 aromatic rings. The number of hydrogen-bond acceptors (Lipinski definition) is 4. The van der Waals surface area contributed by atoms with E-state index >= 15 is 0 Å². The van der Waals surface area contributed by atoms with Gasteiger partial charge < -0.3 is 19.9 Å². The largest absolute Gasteiger partial charge is 0.378 e. The number of morpholine rings is 1. The fourth-order valence-electron chi connectivity index (χ4n) is 5.64. The van der Waals surface area contributed by atoms with Crippen LogP contribution in [0.25, 0.3) is 22.5 Å². The normalized spacial score (nSPS) is 20.4. The van der Waals surface area contributed by atoms with Crippen molar-refractivity contribution in [3.05, 3.63) is 58.9 Å². The van der Waals surface area contributed by atoms with Gasteiger partial charge in [0.25, 0.3) is 5.91 Å². The zero-order valence-corrected chi connectivity index (χ0v) is 18.0. The predicted octanol–water partition coefficient (Wildman–Crippen LogP) is 3.50. The maximum absolute atomic E-state index is 12.9. The minimum absolute atomic E-state index is 0.0176. The topological polar surface area (TPSA) is 70.2 Å². The number of aromatic nitrogens is 2. The van der Waals surface area contributed by atoms with Gasteiger partial charge >= 0.3 is 0 Å². The summed E-state index contributed by atoms with van der Waals surface area (Å²) in [5.74, 6) is 0.109. The van der Waals surface area contributed by atoms with Crippen molar-refractivity contribution < 1.29 is 9.53 Å². The summed E-state index contributed by atoms with van der Waals surface area (Å²) >= 11 is 0. The highest BCUT2D eigenvalue weighted by molar-refractivity contribution is 6.01. The van der Waals surface area contributed by atoms with Crippen LogP contribution in [0.15, 0.2) is 36.5 Å². The highest BCUT2D eigenvalue weighted by Crippen LogP contribution is 2.45. The van der Waals surface area contributed by atoms with Crippen molar-refractivity contribution >= 4 is 11.6 Å². The number of anilines is 1. The minimum Gasteiger partial charge on any atom is -0.378 e. The Morgan fingerprint density at radius 3 is 2.81 bits per heavy atom. The number of rotatable bonds is 2. The Hall–Kier alpha value is -3.12. The molecule has 1 spiro atoms. The summed E-state index contributed by atoms with van der Waals surface area (Å²) in [5, 5.41) is 3.27. The van der Waals surface area contributed by atoms with E-state index in [4.69, 9.17) is 9.72 Å². The van der Waals surface area contributed by atoms with Crippen LogP contribution in [-0.2, 0) is 24.0 Å². The predicted molar refractivity (Wildman–Crippen MR) is 123 cm³/mol. The number of benzene rings is 1. The third-order valence-electron chi connectivity index (χ3n) is 7.57. The lowest BCUT2D eigenvalue weighted by molar-refractivity contribution is 0.0917. The molecule has 4 heterocycles. The van der Waals surface area contributed by atoms with Gasteiger partial charge in [0.2, 0.25) is 0 Å². The summed E-state index contributed by atoms with van der Waals surface area (Å²) in [6, 6.07) is 10.8. The summed E-state index contributed by atoms with van der Waals surface area (Å²) in [4.78, 5) is 23.8. The first-order chi connectivity index (χ1) is 15.7. The minimum atomic E-state index is 0.0176. The van der Waals surface area contributed by atoms with Gasteiger partial charge in [0, 0.05) is 53.8 Å². The molecule has 1 aromatic carbocycles. The van der Waals surface area contributed by atoms with Crippen molar-refractivity contribution in [2.75, 3.05) is 31.2 Å². The highest BCUT2D eigenvalue weighted by atomic mass is 16.5. The molecule has 0 radical (unpaired) electrons. The van der Waals surface area contributed by atoms with Crippen molar-refractivity contribution in [1.82, 2.24) is 15.3 Å². The fourth-order valence-corrected chi connectivity index (χ4v) is 5.64. The molecule has 2 N–H and O–H groups in total. The zero-order chi connectivity index (χ0) is 21.3. The lowest BCUT2D eigenvalue weighted by atomic mass is 9.87. The Kier molecular flexibility index (Phi) is 3.86. The summed E-state index contributed by atoms with van der Waals surface area (Å²) in [6.45, 7) is 3.39. The molecule has 32 heavy (non-hydrogen) atoms. The second-order valence-corrected chi connectivity index (χ2v) is 9.62. The average molecular weight is 427 g/mol. The average Bonchev–Trinajstić information content (AvgIpc) is 3.45. The number of pyridine rings is 1. The van der Waals surface area contributed by atoms with Gasteiger partial charge in [0.05, 0.1) is 30.2 Å².